The number of furan rings is 1. The lowest BCUT2D eigenvalue weighted by Gasteiger charge is -2.15. The van der Waals surface area contributed by atoms with Crippen molar-refractivity contribution in [2.75, 3.05) is 0 Å². The van der Waals surface area contributed by atoms with E-state index in [9.17, 15) is 0 Å². The molecule has 0 aliphatic carbocycles. The van der Waals surface area contributed by atoms with Crippen LogP contribution in [0.15, 0.2) is 16.7 Å². The zero-order chi connectivity index (χ0) is 10.6. The van der Waals surface area contributed by atoms with Crippen molar-refractivity contribution in [1.29, 1.82) is 0 Å². The molecule has 0 amide bonds. The summed E-state index contributed by atoms with van der Waals surface area (Å²) in [6.07, 6.45) is 3.65. The molecule has 3 N–H and O–H groups in total. The van der Waals surface area contributed by atoms with Crippen molar-refractivity contribution in [3.63, 3.8) is 0 Å². The molecule has 4 heteroatoms. The number of hydrogen-bond acceptors (Lipinski definition) is 3. The normalized spacial score (nSPS) is 13.5. The van der Waals surface area contributed by atoms with E-state index >= 15 is 0 Å². The molecular weight excluding hydrogens is 200 g/mol. The molecule has 1 unspecified atom stereocenters. The number of hydrogen-bond donors (Lipinski definition) is 2. The summed E-state index contributed by atoms with van der Waals surface area (Å²) < 4.78 is 5.02. The summed E-state index contributed by atoms with van der Waals surface area (Å²) in [5, 5.41) is 0.428. The van der Waals surface area contributed by atoms with Crippen molar-refractivity contribution in [2.24, 2.45) is 11.8 Å². The van der Waals surface area contributed by atoms with E-state index in [1.54, 1.807) is 6.26 Å². The van der Waals surface area contributed by atoms with Crippen LogP contribution in [-0.2, 0) is 0 Å². The number of halogens is 1. The predicted octanol–water partition coefficient (Wildman–Crippen LogP) is 2.87. The van der Waals surface area contributed by atoms with Gasteiger partial charge in [-0.05, 0) is 36.4 Å². The van der Waals surface area contributed by atoms with Gasteiger partial charge < -0.3 is 4.42 Å². The van der Waals surface area contributed by atoms with Gasteiger partial charge in [0.15, 0.2) is 5.22 Å². The van der Waals surface area contributed by atoms with Gasteiger partial charge in [0.25, 0.3) is 0 Å². The molecule has 1 rings (SSSR count). The standard InChI is InChI=1S/C10H17ClN2O/c1-7(2)3-4-9(13-12)8-5-6-14-10(8)11/h5-7,9,13H,3-4,12H2,1-2H3. The molecule has 1 atom stereocenters. The highest BCUT2D eigenvalue weighted by atomic mass is 35.5. The van der Waals surface area contributed by atoms with Crippen LogP contribution in [0.25, 0.3) is 0 Å². The van der Waals surface area contributed by atoms with Crippen LogP contribution in [0, 0.1) is 5.92 Å². The minimum absolute atomic E-state index is 0.0867. The van der Waals surface area contributed by atoms with Gasteiger partial charge in [0, 0.05) is 5.56 Å². The summed E-state index contributed by atoms with van der Waals surface area (Å²) in [5.74, 6) is 6.13. The molecule has 3 nitrogen and oxygen atoms in total. The first-order valence-corrected chi connectivity index (χ1v) is 5.22. The molecule has 0 saturated carbocycles. The lowest BCUT2D eigenvalue weighted by atomic mass is 10.00. The highest BCUT2D eigenvalue weighted by molar-refractivity contribution is 6.29. The van der Waals surface area contributed by atoms with Gasteiger partial charge in [-0.1, -0.05) is 13.8 Å². The summed E-state index contributed by atoms with van der Waals surface area (Å²) in [6, 6.07) is 1.94. The summed E-state index contributed by atoms with van der Waals surface area (Å²) in [5.41, 5.74) is 3.70. The quantitative estimate of drug-likeness (QED) is 0.588. The first kappa shape index (κ1) is 11.6. The Labute approximate surface area is 89.6 Å². The van der Waals surface area contributed by atoms with Gasteiger partial charge >= 0.3 is 0 Å². The number of nitrogens with two attached hydrogens (primary N) is 1. The Hall–Kier alpha value is -0.510. The van der Waals surface area contributed by atoms with E-state index < -0.39 is 0 Å². The molecule has 0 radical (unpaired) electrons. The Balaban J connectivity index is 2.58. The van der Waals surface area contributed by atoms with Crippen LogP contribution in [-0.4, -0.2) is 0 Å². The Bertz CT molecular complexity index is 273. The van der Waals surface area contributed by atoms with E-state index in [1.807, 2.05) is 6.07 Å². The predicted molar refractivity (Wildman–Crippen MR) is 57.9 cm³/mol. The van der Waals surface area contributed by atoms with Crippen molar-refractivity contribution in [3.8, 4) is 0 Å². The van der Waals surface area contributed by atoms with E-state index in [-0.39, 0.29) is 6.04 Å². The maximum atomic E-state index is 5.87. The second kappa shape index (κ2) is 5.39. The maximum Gasteiger partial charge on any atom is 0.197 e. The van der Waals surface area contributed by atoms with Crippen LogP contribution in [0.3, 0.4) is 0 Å². The number of rotatable bonds is 5. The minimum Gasteiger partial charge on any atom is -0.453 e. The molecule has 0 aromatic carbocycles. The molecule has 0 spiro atoms. The molecule has 0 saturated heterocycles. The third kappa shape index (κ3) is 3.01. The first-order chi connectivity index (χ1) is 6.65. The van der Waals surface area contributed by atoms with Crippen LogP contribution in [0.2, 0.25) is 5.22 Å². The SMILES string of the molecule is CC(C)CCC(NN)c1ccoc1Cl. The van der Waals surface area contributed by atoms with E-state index in [2.05, 4.69) is 19.3 Å². The fourth-order valence-electron chi connectivity index (χ4n) is 1.38. The number of nitrogens with one attached hydrogen (secondary N) is 1. The molecular formula is C10H17ClN2O. The summed E-state index contributed by atoms with van der Waals surface area (Å²) in [6.45, 7) is 4.37. The lowest BCUT2D eigenvalue weighted by molar-refractivity contribution is 0.444. The van der Waals surface area contributed by atoms with Gasteiger partial charge in [0.2, 0.25) is 0 Å². The van der Waals surface area contributed by atoms with Crippen molar-refractivity contribution < 1.29 is 4.42 Å². The van der Waals surface area contributed by atoms with Crippen molar-refractivity contribution in [1.82, 2.24) is 5.43 Å². The minimum atomic E-state index is 0.0867. The third-order valence-corrected chi connectivity index (χ3v) is 2.56. The van der Waals surface area contributed by atoms with Crippen LogP contribution in [0.4, 0.5) is 0 Å². The molecule has 1 aromatic rings. The van der Waals surface area contributed by atoms with Gasteiger partial charge in [0.05, 0.1) is 12.3 Å². The first-order valence-electron chi connectivity index (χ1n) is 4.84. The Kier molecular flexibility index (Phi) is 4.45. The van der Waals surface area contributed by atoms with Gasteiger partial charge in [-0.25, -0.2) is 0 Å². The third-order valence-electron chi connectivity index (χ3n) is 2.26. The average molecular weight is 217 g/mol. The maximum absolute atomic E-state index is 5.87. The van der Waals surface area contributed by atoms with Crippen molar-refractivity contribution in [3.05, 3.63) is 23.1 Å². The smallest absolute Gasteiger partial charge is 0.197 e. The average Bonchev–Trinajstić information content (AvgIpc) is 2.53. The second-order valence-corrected chi connectivity index (χ2v) is 4.18. The summed E-state index contributed by atoms with van der Waals surface area (Å²) in [4.78, 5) is 0. The van der Waals surface area contributed by atoms with Crippen LogP contribution < -0.4 is 11.3 Å². The van der Waals surface area contributed by atoms with E-state index in [1.165, 1.54) is 0 Å². The molecule has 14 heavy (non-hydrogen) atoms. The zero-order valence-corrected chi connectivity index (χ0v) is 9.34. The highest BCUT2D eigenvalue weighted by Gasteiger charge is 2.15. The molecule has 0 bridgehead atoms. The molecule has 0 aliphatic rings. The zero-order valence-electron chi connectivity index (χ0n) is 8.59. The Morgan fingerprint density at radius 1 is 1.50 bits per heavy atom. The van der Waals surface area contributed by atoms with Crippen LogP contribution in [0.5, 0.6) is 0 Å². The van der Waals surface area contributed by atoms with E-state index in [4.69, 9.17) is 21.9 Å². The molecule has 1 aromatic heterocycles. The fraction of sp³-hybridized carbons (Fsp3) is 0.600. The molecule has 0 aliphatic heterocycles. The monoisotopic (exact) mass is 216 g/mol. The van der Waals surface area contributed by atoms with E-state index in [0.29, 0.717) is 11.1 Å². The molecule has 0 fully saturated rings. The lowest BCUT2D eigenvalue weighted by Crippen LogP contribution is -2.28. The highest BCUT2D eigenvalue weighted by Crippen LogP contribution is 2.27. The Morgan fingerprint density at radius 3 is 2.64 bits per heavy atom. The molecule has 80 valence electrons. The van der Waals surface area contributed by atoms with Crippen molar-refractivity contribution >= 4 is 11.6 Å². The van der Waals surface area contributed by atoms with E-state index in [0.717, 1.165) is 18.4 Å². The Morgan fingerprint density at radius 2 is 2.21 bits per heavy atom. The summed E-state index contributed by atoms with van der Waals surface area (Å²) in [7, 11) is 0. The second-order valence-electron chi connectivity index (χ2n) is 3.84. The van der Waals surface area contributed by atoms with Gasteiger partial charge in [-0.15, -0.1) is 0 Å². The van der Waals surface area contributed by atoms with Crippen LogP contribution >= 0.6 is 11.6 Å². The largest absolute Gasteiger partial charge is 0.453 e. The van der Waals surface area contributed by atoms with Gasteiger partial charge in [-0.2, -0.15) is 0 Å². The number of hydrazine groups is 1. The topological polar surface area (TPSA) is 51.2 Å². The van der Waals surface area contributed by atoms with Gasteiger partial charge in [-0.3, -0.25) is 11.3 Å². The molecule has 1 heterocycles. The van der Waals surface area contributed by atoms with Crippen molar-refractivity contribution in [2.45, 2.75) is 32.7 Å². The fourth-order valence-corrected chi connectivity index (χ4v) is 1.63. The van der Waals surface area contributed by atoms with Crippen LogP contribution in [0.1, 0.15) is 38.3 Å². The van der Waals surface area contributed by atoms with Gasteiger partial charge in [0.1, 0.15) is 0 Å². The summed E-state index contributed by atoms with van der Waals surface area (Å²) >= 11 is 5.87.